The fourth-order valence-corrected chi connectivity index (χ4v) is 1.21. The maximum Gasteiger partial charge on any atom is 0.213 e. The Kier molecular flexibility index (Phi) is 4.30. The monoisotopic (exact) mass is 222 g/mol. The Labute approximate surface area is 98.0 Å². The van der Waals surface area contributed by atoms with E-state index in [9.17, 15) is 0 Å². The molecule has 0 aliphatic heterocycles. The lowest BCUT2D eigenvalue weighted by molar-refractivity contribution is 0.236. The van der Waals surface area contributed by atoms with Gasteiger partial charge in [0, 0.05) is 18.3 Å². The molecule has 0 radical (unpaired) electrons. The van der Waals surface area contributed by atoms with Crippen LogP contribution in [-0.4, -0.2) is 11.6 Å². The largest absolute Gasteiger partial charge is 0.478 e. The third kappa shape index (κ3) is 4.62. The zero-order chi connectivity index (χ0) is 12.2. The molecule has 3 heteroatoms. The molecule has 1 rings (SSSR count). The molecule has 0 aliphatic carbocycles. The van der Waals surface area contributed by atoms with Crippen LogP contribution >= 0.6 is 0 Å². The molecule has 0 aliphatic rings. The van der Waals surface area contributed by atoms with Gasteiger partial charge in [-0.05, 0) is 24.3 Å². The summed E-state index contributed by atoms with van der Waals surface area (Å²) in [6, 6.07) is 3.86. The molecule has 1 aromatic rings. The fraction of sp³-hybridized carbons (Fsp3) is 0.615. The minimum Gasteiger partial charge on any atom is -0.478 e. The average molecular weight is 222 g/mol. The van der Waals surface area contributed by atoms with Gasteiger partial charge in [-0.25, -0.2) is 4.98 Å². The topological polar surface area (TPSA) is 48.1 Å². The van der Waals surface area contributed by atoms with Crippen molar-refractivity contribution in [1.29, 1.82) is 0 Å². The molecule has 1 heterocycles. The fourth-order valence-electron chi connectivity index (χ4n) is 1.21. The zero-order valence-corrected chi connectivity index (χ0v) is 10.7. The Hall–Kier alpha value is -1.09. The van der Waals surface area contributed by atoms with E-state index in [0.717, 1.165) is 12.0 Å². The van der Waals surface area contributed by atoms with E-state index in [1.807, 2.05) is 19.1 Å². The van der Waals surface area contributed by atoms with Crippen LogP contribution in [0.2, 0.25) is 0 Å². The van der Waals surface area contributed by atoms with Crippen LogP contribution in [0.5, 0.6) is 5.88 Å². The van der Waals surface area contributed by atoms with Crippen molar-refractivity contribution in [3.63, 3.8) is 0 Å². The van der Waals surface area contributed by atoms with Crippen molar-refractivity contribution >= 4 is 0 Å². The molecular weight excluding hydrogens is 200 g/mol. The summed E-state index contributed by atoms with van der Waals surface area (Å²) in [5.74, 6) is 0.675. The van der Waals surface area contributed by atoms with E-state index < -0.39 is 0 Å². The maximum atomic E-state index is 5.74. The van der Waals surface area contributed by atoms with Crippen LogP contribution in [-0.2, 0) is 0 Å². The first-order valence-electron chi connectivity index (χ1n) is 5.73. The summed E-state index contributed by atoms with van der Waals surface area (Å²) in [6.07, 6.45) is 2.79. The number of nitrogens with zero attached hydrogens (tertiary/aromatic N) is 1. The molecule has 2 N–H and O–H groups in total. The first-order valence-corrected chi connectivity index (χ1v) is 5.73. The molecule has 0 saturated heterocycles. The Bertz CT molecular complexity index is 312. The summed E-state index contributed by atoms with van der Waals surface area (Å²) in [7, 11) is 0. The highest BCUT2D eigenvalue weighted by atomic mass is 16.5. The van der Waals surface area contributed by atoms with Gasteiger partial charge >= 0.3 is 0 Å². The molecule has 3 nitrogen and oxygen atoms in total. The molecule has 0 bridgehead atoms. The lowest BCUT2D eigenvalue weighted by atomic mass is 9.93. The summed E-state index contributed by atoms with van der Waals surface area (Å²) >= 11 is 0. The van der Waals surface area contributed by atoms with Crippen LogP contribution in [0.3, 0.4) is 0 Å². The maximum absolute atomic E-state index is 5.74. The highest BCUT2D eigenvalue weighted by Gasteiger charge is 2.10. The highest BCUT2D eigenvalue weighted by Crippen LogP contribution is 2.19. The number of hydrogen-bond donors (Lipinski definition) is 1. The van der Waals surface area contributed by atoms with Gasteiger partial charge in [0.05, 0.1) is 6.61 Å². The minimum atomic E-state index is 0.0242. The predicted molar refractivity (Wildman–Crippen MR) is 66.4 cm³/mol. The first-order chi connectivity index (χ1) is 7.38. The quantitative estimate of drug-likeness (QED) is 0.852. The minimum absolute atomic E-state index is 0.0242. The molecule has 1 aromatic heterocycles. The Morgan fingerprint density at radius 1 is 1.38 bits per heavy atom. The van der Waals surface area contributed by atoms with Crippen molar-refractivity contribution < 1.29 is 4.74 Å². The van der Waals surface area contributed by atoms with Crippen molar-refractivity contribution in [2.75, 3.05) is 6.61 Å². The van der Waals surface area contributed by atoms with Gasteiger partial charge in [0.25, 0.3) is 0 Å². The molecule has 16 heavy (non-hydrogen) atoms. The molecule has 0 saturated carbocycles. The van der Waals surface area contributed by atoms with Gasteiger partial charge < -0.3 is 10.5 Å². The molecule has 0 fully saturated rings. The Morgan fingerprint density at radius 3 is 2.50 bits per heavy atom. The Morgan fingerprint density at radius 2 is 2.06 bits per heavy atom. The Balaban J connectivity index is 2.44. The zero-order valence-electron chi connectivity index (χ0n) is 10.7. The van der Waals surface area contributed by atoms with E-state index in [1.54, 1.807) is 6.20 Å². The lowest BCUT2D eigenvalue weighted by Gasteiger charge is -2.17. The van der Waals surface area contributed by atoms with Crippen LogP contribution in [0, 0.1) is 5.41 Å². The predicted octanol–water partition coefficient (Wildman–Crippen LogP) is 2.92. The van der Waals surface area contributed by atoms with Gasteiger partial charge in [0.2, 0.25) is 5.88 Å². The second-order valence-electron chi connectivity index (χ2n) is 5.38. The van der Waals surface area contributed by atoms with Crippen molar-refractivity contribution in [2.45, 2.75) is 40.2 Å². The van der Waals surface area contributed by atoms with E-state index in [2.05, 4.69) is 25.8 Å². The van der Waals surface area contributed by atoms with Crippen molar-refractivity contribution in [1.82, 2.24) is 4.98 Å². The summed E-state index contributed by atoms with van der Waals surface area (Å²) in [5, 5.41) is 0. The van der Waals surface area contributed by atoms with Crippen molar-refractivity contribution in [3.05, 3.63) is 23.9 Å². The SMILES string of the molecule is CC(N)c1ccc(OCCC(C)(C)C)nc1. The second-order valence-corrected chi connectivity index (χ2v) is 5.38. The van der Waals surface area contributed by atoms with Crippen LogP contribution in [0.15, 0.2) is 18.3 Å². The van der Waals surface area contributed by atoms with Crippen LogP contribution in [0.25, 0.3) is 0 Å². The highest BCUT2D eigenvalue weighted by molar-refractivity contribution is 5.19. The van der Waals surface area contributed by atoms with Gasteiger partial charge in [0.1, 0.15) is 0 Å². The van der Waals surface area contributed by atoms with E-state index in [-0.39, 0.29) is 6.04 Å². The number of ether oxygens (including phenoxy) is 1. The smallest absolute Gasteiger partial charge is 0.213 e. The average Bonchev–Trinajstić information content (AvgIpc) is 2.16. The number of nitrogens with two attached hydrogens (primary N) is 1. The lowest BCUT2D eigenvalue weighted by Crippen LogP contribution is -2.11. The number of hydrogen-bond acceptors (Lipinski definition) is 3. The number of pyridine rings is 1. The number of rotatable bonds is 4. The third-order valence-electron chi connectivity index (χ3n) is 2.39. The molecule has 0 aromatic carbocycles. The molecule has 90 valence electrons. The third-order valence-corrected chi connectivity index (χ3v) is 2.39. The standard InChI is InChI=1S/C13H22N2O/c1-10(14)11-5-6-12(15-9-11)16-8-7-13(2,3)4/h5-6,9-10H,7-8,14H2,1-4H3. The van der Waals surface area contributed by atoms with E-state index >= 15 is 0 Å². The summed E-state index contributed by atoms with van der Waals surface area (Å²) in [6.45, 7) is 9.24. The molecule has 1 atom stereocenters. The van der Waals surface area contributed by atoms with E-state index in [4.69, 9.17) is 10.5 Å². The number of aromatic nitrogens is 1. The van der Waals surface area contributed by atoms with Crippen molar-refractivity contribution in [2.24, 2.45) is 11.1 Å². The van der Waals surface area contributed by atoms with Crippen LogP contribution < -0.4 is 10.5 Å². The van der Waals surface area contributed by atoms with Gasteiger partial charge in [-0.2, -0.15) is 0 Å². The van der Waals surface area contributed by atoms with Crippen LogP contribution in [0.1, 0.15) is 45.7 Å². The molecular formula is C13H22N2O. The normalized spacial score (nSPS) is 13.6. The van der Waals surface area contributed by atoms with Gasteiger partial charge in [0.15, 0.2) is 0 Å². The van der Waals surface area contributed by atoms with Crippen LogP contribution in [0.4, 0.5) is 0 Å². The summed E-state index contributed by atoms with van der Waals surface area (Å²) in [4.78, 5) is 4.22. The van der Waals surface area contributed by atoms with E-state index in [1.165, 1.54) is 0 Å². The summed E-state index contributed by atoms with van der Waals surface area (Å²) in [5.41, 5.74) is 7.07. The molecule has 1 unspecified atom stereocenters. The van der Waals surface area contributed by atoms with Crippen molar-refractivity contribution in [3.8, 4) is 5.88 Å². The van der Waals surface area contributed by atoms with Gasteiger partial charge in [-0.3, -0.25) is 0 Å². The van der Waals surface area contributed by atoms with Gasteiger partial charge in [-0.15, -0.1) is 0 Å². The molecule has 0 spiro atoms. The molecule has 0 amide bonds. The first kappa shape index (κ1) is 13.0. The second kappa shape index (κ2) is 5.30. The van der Waals surface area contributed by atoms with E-state index in [0.29, 0.717) is 17.9 Å². The summed E-state index contributed by atoms with van der Waals surface area (Å²) < 4.78 is 5.56. The van der Waals surface area contributed by atoms with Gasteiger partial charge in [-0.1, -0.05) is 26.8 Å².